The maximum absolute atomic E-state index is 13.6. The average Bonchev–Trinajstić information content (AvgIpc) is 3.29. The van der Waals surface area contributed by atoms with E-state index in [2.05, 4.69) is 180 Å². The van der Waals surface area contributed by atoms with Gasteiger partial charge in [-0.15, -0.1) is 0 Å². The van der Waals surface area contributed by atoms with Crippen LogP contribution in [-0.4, -0.2) is 97.4 Å². The highest BCUT2D eigenvalue weighted by molar-refractivity contribution is 5.78. The van der Waals surface area contributed by atoms with Crippen LogP contribution in [0.25, 0.3) is 0 Å². The lowest BCUT2D eigenvalue weighted by Gasteiger charge is -2.28. The number of nitrogens with one attached hydrogen (secondary N) is 2. The van der Waals surface area contributed by atoms with Crippen molar-refractivity contribution in [3.8, 4) is 23.0 Å². The fourth-order valence-corrected chi connectivity index (χ4v) is 9.53. The number of phenols is 2. The van der Waals surface area contributed by atoms with Crippen molar-refractivity contribution in [1.82, 2.24) is 20.4 Å². The SMILES string of the molecule is CCN(CC)CCCNC(=O)COc1c2cc(C(C)(C)C)cc1Cc1cc(C(C)(C)C)cc(c1O)Cc1cc(C(C)(C)C)cc(c1OCC(=O)NCCCN(CC)CC)Cc1cc(C(C)(C)C)cc(c1O)C2. The van der Waals surface area contributed by atoms with E-state index in [0.29, 0.717) is 50.3 Å². The highest BCUT2D eigenvalue weighted by atomic mass is 16.5. The van der Waals surface area contributed by atoms with Crippen LogP contribution in [0.5, 0.6) is 23.0 Å². The van der Waals surface area contributed by atoms with Gasteiger partial charge in [0.25, 0.3) is 11.8 Å². The summed E-state index contributed by atoms with van der Waals surface area (Å²) in [4.78, 5) is 31.9. The molecular weight excluding hydrogens is 897 g/mol. The molecule has 0 spiro atoms. The summed E-state index contributed by atoms with van der Waals surface area (Å²) in [6.45, 7) is 41.3. The molecule has 4 aromatic carbocycles. The molecule has 1 aliphatic carbocycles. The van der Waals surface area contributed by atoms with Crippen molar-refractivity contribution in [3.05, 3.63) is 115 Å². The molecule has 0 saturated heterocycles. The molecule has 4 aromatic rings. The van der Waals surface area contributed by atoms with Crippen molar-refractivity contribution in [2.75, 3.05) is 65.6 Å². The molecule has 72 heavy (non-hydrogen) atoms. The van der Waals surface area contributed by atoms with Gasteiger partial charge in [-0.25, -0.2) is 0 Å². The minimum atomic E-state index is -0.273. The molecule has 10 nitrogen and oxygen atoms in total. The molecular formula is C62H92N4O6. The first-order chi connectivity index (χ1) is 33.7. The quantitative estimate of drug-likeness (QED) is 0.0640. The van der Waals surface area contributed by atoms with Crippen LogP contribution >= 0.6 is 0 Å². The molecule has 0 aliphatic heterocycles. The Hall–Kier alpha value is -5.06. The summed E-state index contributed by atoms with van der Waals surface area (Å²) >= 11 is 0. The maximum Gasteiger partial charge on any atom is 0.257 e. The summed E-state index contributed by atoms with van der Waals surface area (Å²) in [7, 11) is 0. The lowest BCUT2D eigenvalue weighted by Crippen LogP contribution is -2.32. The predicted octanol–water partition coefficient (Wildman–Crippen LogP) is 11.4. The van der Waals surface area contributed by atoms with Crippen LogP contribution in [0.15, 0.2) is 48.5 Å². The number of fused-ring (bicyclic) bond motifs is 8. The molecule has 8 bridgehead atoms. The molecule has 0 aromatic heterocycles. The fourth-order valence-electron chi connectivity index (χ4n) is 9.53. The second-order valence-corrected chi connectivity index (χ2v) is 24.3. The van der Waals surface area contributed by atoms with Crippen LogP contribution in [0.4, 0.5) is 0 Å². The van der Waals surface area contributed by atoms with E-state index < -0.39 is 0 Å². The van der Waals surface area contributed by atoms with Gasteiger partial charge in [-0.1, -0.05) is 159 Å². The van der Waals surface area contributed by atoms with E-state index >= 15 is 0 Å². The molecule has 0 heterocycles. The highest BCUT2D eigenvalue weighted by Crippen LogP contribution is 2.44. The Morgan fingerprint density at radius 1 is 0.444 bits per heavy atom. The van der Waals surface area contributed by atoms with Gasteiger partial charge in [-0.3, -0.25) is 9.59 Å². The Labute approximate surface area is 434 Å². The van der Waals surface area contributed by atoms with Crippen molar-refractivity contribution in [3.63, 3.8) is 0 Å². The third-order valence-electron chi connectivity index (χ3n) is 14.4. The van der Waals surface area contributed by atoms with E-state index in [1.54, 1.807) is 0 Å². The number of amides is 2. The Morgan fingerprint density at radius 3 is 0.903 bits per heavy atom. The van der Waals surface area contributed by atoms with Crippen LogP contribution in [-0.2, 0) is 56.9 Å². The summed E-state index contributed by atoms with van der Waals surface area (Å²) in [5.74, 6) is 1.14. The van der Waals surface area contributed by atoms with Crippen molar-refractivity contribution < 1.29 is 29.3 Å². The third kappa shape index (κ3) is 15.5. The molecule has 5 rings (SSSR count). The Kier molecular flexibility index (Phi) is 19.5. The molecule has 0 unspecified atom stereocenters. The van der Waals surface area contributed by atoms with Gasteiger partial charge >= 0.3 is 0 Å². The zero-order chi connectivity index (χ0) is 53.3. The van der Waals surface area contributed by atoms with Gasteiger partial charge in [-0.05, 0) is 141 Å². The molecule has 1 aliphatic rings. The number of rotatable bonds is 18. The van der Waals surface area contributed by atoms with Crippen molar-refractivity contribution in [2.24, 2.45) is 0 Å². The number of carbonyl (C=O) groups is 2. The van der Waals surface area contributed by atoms with Gasteiger partial charge < -0.3 is 40.1 Å². The first kappa shape index (κ1) is 57.8. The topological polar surface area (TPSA) is 124 Å². The summed E-state index contributed by atoms with van der Waals surface area (Å²) in [5, 5.41) is 31.5. The maximum atomic E-state index is 13.6. The molecule has 10 heteroatoms. The summed E-state index contributed by atoms with van der Waals surface area (Å²) in [5.41, 5.74) is 9.59. The van der Waals surface area contributed by atoms with Crippen LogP contribution in [0.2, 0.25) is 0 Å². The number of hydrogen-bond acceptors (Lipinski definition) is 8. The van der Waals surface area contributed by atoms with Gasteiger partial charge in [0.1, 0.15) is 23.0 Å². The fraction of sp³-hybridized carbons (Fsp3) is 0.581. The van der Waals surface area contributed by atoms with Gasteiger partial charge in [0.2, 0.25) is 0 Å². The number of ether oxygens (including phenoxy) is 2. The first-order valence-corrected chi connectivity index (χ1v) is 26.9. The van der Waals surface area contributed by atoms with E-state index in [9.17, 15) is 19.8 Å². The lowest BCUT2D eigenvalue weighted by molar-refractivity contribution is -0.123. The summed E-state index contributed by atoms with van der Waals surface area (Å²) < 4.78 is 13.5. The average molecular weight is 989 g/mol. The largest absolute Gasteiger partial charge is 0.507 e. The van der Waals surface area contributed by atoms with Crippen molar-refractivity contribution >= 4 is 11.8 Å². The van der Waals surface area contributed by atoms with Crippen molar-refractivity contribution in [2.45, 2.75) is 171 Å². The van der Waals surface area contributed by atoms with Gasteiger partial charge in [0, 0.05) is 38.8 Å². The predicted molar refractivity (Wildman–Crippen MR) is 297 cm³/mol. The standard InChI is InChI=1S/C62H92N4O6/c1-17-65(18-2)25-21-23-63-53(67)39-71-57-45-27-41-31-49(59(5,6)7)33-43(55(41)69)29-47-37-52(62(14,15)16)38-48(58(47)72-40-54(68)64-24-22-26-66(19-3)20-4)30-44-34-50(60(8,9)10)32-42(56(44)70)28-46(57)36-51(35-45)61(11,12)13/h31-38,69-70H,17-30,39-40H2,1-16H3,(H,63,67)(H,64,68). The Balaban J connectivity index is 1.76. The molecule has 0 atom stereocenters. The molecule has 396 valence electrons. The van der Waals surface area contributed by atoms with E-state index in [1.807, 2.05) is 0 Å². The van der Waals surface area contributed by atoms with E-state index in [0.717, 1.165) is 119 Å². The second-order valence-electron chi connectivity index (χ2n) is 24.3. The smallest absolute Gasteiger partial charge is 0.257 e. The molecule has 0 fully saturated rings. The minimum absolute atomic E-state index is 0.180. The zero-order valence-corrected chi connectivity index (χ0v) is 47.4. The number of aromatic hydroxyl groups is 2. The Morgan fingerprint density at radius 2 is 0.681 bits per heavy atom. The molecule has 2 amide bonds. The molecule has 0 radical (unpaired) electrons. The van der Waals surface area contributed by atoms with Crippen LogP contribution in [0.3, 0.4) is 0 Å². The van der Waals surface area contributed by atoms with Gasteiger partial charge in [-0.2, -0.15) is 0 Å². The van der Waals surface area contributed by atoms with Crippen LogP contribution < -0.4 is 20.1 Å². The normalized spacial score (nSPS) is 13.4. The number of carbonyl (C=O) groups excluding carboxylic acids is 2. The molecule has 0 saturated carbocycles. The van der Waals surface area contributed by atoms with E-state index in [-0.39, 0.29) is 58.2 Å². The minimum Gasteiger partial charge on any atom is -0.507 e. The van der Waals surface area contributed by atoms with E-state index in [4.69, 9.17) is 9.47 Å². The van der Waals surface area contributed by atoms with Crippen LogP contribution in [0, 0.1) is 0 Å². The van der Waals surface area contributed by atoms with Gasteiger partial charge in [0.15, 0.2) is 13.2 Å². The highest BCUT2D eigenvalue weighted by Gasteiger charge is 2.29. The number of benzene rings is 4. The van der Waals surface area contributed by atoms with Gasteiger partial charge in [0.05, 0.1) is 0 Å². The lowest BCUT2D eigenvalue weighted by atomic mass is 9.79. The Bertz CT molecular complexity index is 2220. The summed E-state index contributed by atoms with van der Waals surface area (Å²) in [6, 6.07) is 17.1. The second kappa shape index (κ2) is 24.3. The molecule has 4 N–H and O–H groups in total. The van der Waals surface area contributed by atoms with Crippen molar-refractivity contribution in [1.29, 1.82) is 0 Å². The first-order valence-electron chi connectivity index (χ1n) is 26.9. The van der Waals surface area contributed by atoms with E-state index in [1.165, 1.54) is 0 Å². The monoisotopic (exact) mass is 989 g/mol. The summed E-state index contributed by atoms with van der Waals surface area (Å²) in [6.07, 6.45) is 2.97. The van der Waals surface area contributed by atoms with Crippen LogP contribution in [0.1, 0.15) is 190 Å². The number of phenolic OH excluding ortho intramolecular Hbond substituents is 2. The third-order valence-corrected chi connectivity index (χ3v) is 14.4. The number of nitrogens with zero attached hydrogens (tertiary/aromatic N) is 2. The number of hydrogen-bond donors (Lipinski definition) is 4. The zero-order valence-electron chi connectivity index (χ0n) is 47.4.